The smallest absolute Gasteiger partial charge is 0.236 e. The second-order valence-corrected chi connectivity index (χ2v) is 7.86. The lowest BCUT2D eigenvalue weighted by molar-refractivity contribution is -0.116. The maximum absolute atomic E-state index is 13.0. The van der Waals surface area contributed by atoms with Gasteiger partial charge < -0.3 is 5.32 Å². The fourth-order valence-corrected chi connectivity index (χ4v) is 3.57. The maximum Gasteiger partial charge on any atom is 0.236 e. The molecule has 0 aliphatic carbocycles. The van der Waals surface area contributed by atoms with Crippen molar-refractivity contribution in [3.05, 3.63) is 102 Å². The summed E-state index contributed by atoms with van der Waals surface area (Å²) in [6, 6.07) is 25.7. The number of sulfonamides is 1. The molecule has 138 valence electrons. The molecule has 0 heterocycles. The number of hydrogen-bond donors (Lipinski definition) is 2. The number of anilines is 1. The van der Waals surface area contributed by atoms with Crippen LogP contribution in [0.15, 0.2) is 84.9 Å². The van der Waals surface area contributed by atoms with Crippen molar-refractivity contribution in [3.63, 3.8) is 0 Å². The quantitative estimate of drug-likeness (QED) is 0.688. The molecule has 3 aromatic rings. The Kier molecular flexibility index (Phi) is 5.69. The molecule has 0 saturated heterocycles. The molecule has 5 nitrogen and oxygen atoms in total. The van der Waals surface area contributed by atoms with E-state index in [2.05, 4.69) is 5.32 Å². The van der Waals surface area contributed by atoms with Crippen molar-refractivity contribution < 1.29 is 13.2 Å². The molecule has 0 fully saturated rings. The van der Waals surface area contributed by atoms with Gasteiger partial charge in [-0.3, -0.25) is 4.79 Å². The van der Waals surface area contributed by atoms with Gasteiger partial charge in [0, 0.05) is 5.69 Å². The van der Waals surface area contributed by atoms with Crippen molar-refractivity contribution in [1.82, 2.24) is 0 Å². The molecule has 3 rings (SSSR count). The topological polar surface area (TPSA) is 89.3 Å². The van der Waals surface area contributed by atoms with Crippen molar-refractivity contribution in [2.45, 2.75) is 11.7 Å². The third-order valence-corrected chi connectivity index (χ3v) is 4.85. The van der Waals surface area contributed by atoms with Crippen LogP contribution in [0.1, 0.15) is 22.6 Å². The van der Waals surface area contributed by atoms with E-state index in [9.17, 15) is 13.2 Å². The van der Waals surface area contributed by atoms with Crippen LogP contribution in [0, 0.1) is 0 Å². The fraction of sp³-hybridized carbons (Fsp3) is 0.0952. The minimum atomic E-state index is -3.59. The zero-order valence-electron chi connectivity index (χ0n) is 14.6. The fourth-order valence-electron chi connectivity index (χ4n) is 2.92. The van der Waals surface area contributed by atoms with Gasteiger partial charge in [0.05, 0.1) is 11.7 Å². The van der Waals surface area contributed by atoms with Crippen LogP contribution >= 0.6 is 0 Å². The van der Waals surface area contributed by atoms with Gasteiger partial charge in [0.15, 0.2) is 0 Å². The van der Waals surface area contributed by atoms with E-state index in [1.165, 1.54) is 0 Å². The Morgan fingerprint density at radius 2 is 1.30 bits per heavy atom. The molecule has 0 aliphatic rings. The average Bonchev–Trinajstić information content (AvgIpc) is 2.64. The lowest BCUT2D eigenvalue weighted by Crippen LogP contribution is -2.22. The molecular formula is C21H20N2O3S. The summed E-state index contributed by atoms with van der Waals surface area (Å²) in [5, 5.41) is 7.97. The molecule has 0 aliphatic heterocycles. The van der Waals surface area contributed by atoms with Crippen LogP contribution < -0.4 is 10.5 Å². The van der Waals surface area contributed by atoms with Crippen LogP contribution in [-0.2, 0) is 20.6 Å². The molecule has 0 radical (unpaired) electrons. The van der Waals surface area contributed by atoms with Gasteiger partial charge in [-0.1, -0.05) is 72.8 Å². The van der Waals surface area contributed by atoms with Crippen LogP contribution in [0.3, 0.4) is 0 Å². The Hall–Kier alpha value is -2.96. The number of amides is 1. The second-order valence-electron chi connectivity index (χ2n) is 6.25. The van der Waals surface area contributed by atoms with Crippen molar-refractivity contribution in [1.29, 1.82) is 0 Å². The maximum atomic E-state index is 13.0. The van der Waals surface area contributed by atoms with Gasteiger partial charge in [-0.25, -0.2) is 13.6 Å². The Morgan fingerprint density at radius 3 is 1.74 bits per heavy atom. The zero-order valence-corrected chi connectivity index (χ0v) is 15.4. The van der Waals surface area contributed by atoms with Gasteiger partial charge >= 0.3 is 0 Å². The predicted octanol–water partition coefficient (Wildman–Crippen LogP) is 3.25. The number of benzene rings is 3. The highest BCUT2D eigenvalue weighted by Gasteiger charge is 2.22. The Labute approximate surface area is 158 Å². The molecule has 0 unspecified atom stereocenters. The molecule has 3 N–H and O–H groups in total. The summed E-state index contributed by atoms with van der Waals surface area (Å²) in [5.74, 6) is -0.846. The highest BCUT2D eigenvalue weighted by Crippen LogP contribution is 2.26. The molecule has 3 aromatic carbocycles. The summed E-state index contributed by atoms with van der Waals surface area (Å²) in [7, 11) is -3.59. The van der Waals surface area contributed by atoms with Gasteiger partial charge in [-0.2, -0.15) is 0 Å². The number of hydrogen-bond acceptors (Lipinski definition) is 3. The van der Waals surface area contributed by atoms with E-state index in [0.717, 1.165) is 11.1 Å². The summed E-state index contributed by atoms with van der Waals surface area (Å²) < 4.78 is 22.3. The predicted molar refractivity (Wildman–Crippen MR) is 107 cm³/mol. The summed E-state index contributed by atoms with van der Waals surface area (Å²) in [6.07, 6.45) is 0. The summed E-state index contributed by atoms with van der Waals surface area (Å²) in [4.78, 5) is 13.0. The van der Waals surface area contributed by atoms with Gasteiger partial charge in [0.1, 0.15) is 0 Å². The van der Waals surface area contributed by atoms with E-state index in [1.807, 2.05) is 60.7 Å². The largest absolute Gasteiger partial charge is 0.325 e. The van der Waals surface area contributed by atoms with Crippen LogP contribution in [0.4, 0.5) is 5.69 Å². The third-order valence-electron chi connectivity index (χ3n) is 4.12. The molecule has 6 heteroatoms. The zero-order chi connectivity index (χ0) is 19.3. The first kappa shape index (κ1) is 18.8. The molecule has 1 amide bonds. The van der Waals surface area contributed by atoms with E-state index in [0.29, 0.717) is 11.3 Å². The summed E-state index contributed by atoms with van der Waals surface area (Å²) >= 11 is 0. The van der Waals surface area contributed by atoms with Crippen molar-refractivity contribution in [2.75, 3.05) is 5.32 Å². The lowest BCUT2D eigenvalue weighted by atomic mass is 9.90. The third kappa shape index (κ3) is 5.26. The normalized spacial score (nSPS) is 11.3. The number of primary sulfonamides is 1. The van der Waals surface area contributed by atoms with Gasteiger partial charge in [-0.05, 0) is 28.8 Å². The standard InChI is InChI=1S/C21H20N2O3S/c22-27(25,26)15-16-11-13-19(14-12-16)23-21(24)20(17-7-3-1-4-8-17)18-9-5-2-6-10-18/h1-14,20H,15H2,(H,23,24)(H2,22,25,26). The van der Waals surface area contributed by atoms with E-state index < -0.39 is 15.9 Å². The van der Waals surface area contributed by atoms with E-state index in [1.54, 1.807) is 24.3 Å². The molecular weight excluding hydrogens is 360 g/mol. The second kappa shape index (κ2) is 8.16. The van der Waals surface area contributed by atoms with Gasteiger partial charge in [0.2, 0.25) is 15.9 Å². The molecule has 0 bridgehead atoms. The molecule has 0 saturated carbocycles. The number of rotatable bonds is 6. The molecule has 0 spiro atoms. The monoisotopic (exact) mass is 380 g/mol. The van der Waals surface area contributed by atoms with Crippen LogP contribution in [0.25, 0.3) is 0 Å². The number of nitrogens with two attached hydrogens (primary N) is 1. The number of carbonyl (C=O) groups excluding carboxylic acids is 1. The van der Waals surface area contributed by atoms with Crippen LogP contribution in [0.5, 0.6) is 0 Å². The Bertz CT molecular complexity index is 963. The highest BCUT2D eigenvalue weighted by atomic mass is 32.2. The van der Waals surface area contributed by atoms with Crippen LogP contribution in [0.2, 0.25) is 0 Å². The lowest BCUT2D eigenvalue weighted by Gasteiger charge is -2.18. The first-order chi connectivity index (χ1) is 12.9. The Morgan fingerprint density at radius 1 is 0.815 bits per heavy atom. The highest BCUT2D eigenvalue weighted by molar-refractivity contribution is 7.88. The van der Waals surface area contributed by atoms with Gasteiger partial charge in [-0.15, -0.1) is 0 Å². The number of carbonyl (C=O) groups is 1. The van der Waals surface area contributed by atoms with E-state index >= 15 is 0 Å². The Balaban J connectivity index is 1.83. The summed E-state index contributed by atoms with van der Waals surface area (Å²) in [6.45, 7) is 0. The molecule has 27 heavy (non-hydrogen) atoms. The average molecular weight is 380 g/mol. The van der Waals surface area contributed by atoms with Crippen molar-refractivity contribution in [2.24, 2.45) is 5.14 Å². The summed E-state index contributed by atoms with van der Waals surface area (Å²) in [5.41, 5.74) is 2.95. The van der Waals surface area contributed by atoms with E-state index in [-0.39, 0.29) is 11.7 Å². The number of nitrogens with one attached hydrogen (secondary N) is 1. The van der Waals surface area contributed by atoms with Crippen LogP contribution in [-0.4, -0.2) is 14.3 Å². The molecule has 0 aromatic heterocycles. The van der Waals surface area contributed by atoms with Crippen molar-refractivity contribution in [3.8, 4) is 0 Å². The SMILES string of the molecule is NS(=O)(=O)Cc1ccc(NC(=O)C(c2ccccc2)c2ccccc2)cc1. The molecule has 0 atom stereocenters. The van der Waals surface area contributed by atoms with Gasteiger partial charge in [0.25, 0.3) is 0 Å². The first-order valence-electron chi connectivity index (χ1n) is 8.42. The minimum Gasteiger partial charge on any atom is -0.325 e. The van der Waals surface area contributed by atoms with E-state index in [4.69, 9.17) is 5.14 Å². The first-order valence-corrected chi connectivity index (χ1v) is 10.1. The minimum absolute atomic E-state index is 0.161. The van der Waals surface area contributed by atoms with Crippen molar-refractivity contribution >= 4 is 21.6 Å².